The third-order valence-electron chi connectivity index (χ3n) is 5.23. The summed E-state index contributed by atoms with van der Waals surface area (Å²) in [6.07, 6.45) is 4.97. The van der Waals surface area contributed by atoms with Crippen molar-refractivity contribution in [2.45, 2.75) is 45.7 Å². The Bertz CT molecular complexity index is 939. The van der Waals surface area contributed by atoms with E-state index in [2.05, 4.69) is 45.4 Å². The van der Waals surface area contributed by atoms with Gasteiger partial charge >= 0.3 is 0 Å². The highest BCUT2D eigenvalue weighted by atomic mass is 16.1. The number of hydrogen-bond donors (Lipinski definition) is 1. The Morgan fingerprint density at radius 2 is 1.89 bits per heavy atom. The van der Waals surface area contributed by atoms with Crippen LogP contribution in [0.2, 0.25) is 0 Å². The topological polar surface area (TPSA) is 46.9 Å². The minimum absolute atomic E-state index is 0.00420. The summed E-state index contributed by atoms with van der Waals surface area (Å²) < 4.78 is 2.08. The largest absolute Gasteiger partial charge is 0.345 e. The van der Waals surface area contributed by atoms with Gasteiger partial charge in [0.1, 0.15) is 0 Å². The van der Waals surface area contributed by atoms with E-state index in [9.17, 15) is 4.79 Å². The molecule has 4 heteroatoms. The molecule has 0 spiro atoms. The van der Waals surface area contributed by atoms with Crippen LogP contribution in [0, 0.1) is 13.8 Å². The highest BCUT2D eigenvalue weighted by Crippen LogP contribution is 2.30. The van der Waals surface area contributed by atoms with Crippen molar-refractivity contribution in [2.75, 3.05) is 0 Å². The van der Waals surface area contributed by atoms with Gasteiger partial charge in [0.2, 0.25) is 0 Å². The number of carbonyl (C=O) groups excluding carboxylic acids is 1. The molecule has 27 heavy (non-hydrogen) atoms. The predicted octanol–water partition coefficient (Wildman–Crippen LogP) is 4.36. The Kier molecular flexibility index (Phi) is 4.80. The Balaban J connectivity index is 1.54. The minimum atomic E-state index is -0.00420. The van der Waals surface area contributed by atoms with E-state index < -0.39 is 0 Å². The summed E-state index contributed by atoms with van der Waals surface area (Å²) >= 11 is 0. The van der Waals surface area contributed by atoms with E-state index in [1.165, 1.54) is 11.3 Å². The highest BCUT2D eigenvalue weighted by Gasteiger charge is 2.26. The fourth-order valence-corrected chi connectivity index (χ4v) is 4.01. The fraction of sp³-hybridized carbons (Fsp3) is 0.304. The molecule has 1 aromatic heterocycles. The average molecular weight is 359 g/mol. The predicted molar refractivity (Wildman–Crippen MR) is 107 cm³/mol. The molecule has 0 saturated carbocycles. The molecule has 1 aliphatic carbocycles. The zero-order chi connectivity index (χ0) is 18.8. The number of hydrogen-bond acceptors (Lipinski definition) is 2. The van der Waals surface area contributed by atoms with Crippen LogP contribution in [0.1, 0.15) is 57.2 Å². The fourth-order valence-electron chi connectivity index (χ4n) is 4.01. The molecule has 0 radical (unpaired) electrons. The van der Waals surface area contributed by atoms with Gasteiger partial charge in [-0.25, -0.2) is 0 Å². The van der Waals surface area contributed by atoms with Gasteiger partial charge < -0.3 is 5.32 Å². The zero-order valence-corrected chi connectivity index (χ0v) is 15.9. The number of fused-ring (bicyclic) bond motifs is 1. The molecule has 4 nitrogen and oxygen atoms in total. The Morgan fingerprint density at radius 1 is 1.15 bits per heavy atom. The zero-order valence-electron chi connectivity index (χ0n) is 15.9. The molecule has 1 atom stereocenters. The summed E-state index contributed by atoms with van der Waals surface area (Å²) in [5.74, 6) is -0.00420. The first-order valence-electron chi connectivity index (χ1n) is 9.58. The summed E-state index contributed by atoms with van der Waals surface area (Å²) in [6.45, 7) is 4.82. The maximum Gasteiger partial charge on any atom is 0.251 e. The standard InChI is InChI=1S/C23H25N3O/c1-16-11-17(2)13-19(12-16)23(27)25-21-9-6-10-22-20(21)14-24-26(22)15-18-7-4-3-5-8-18/h3-5,7-8,11-14,21H,6,9-10,15H2,1-2H3,(H,25,27). The van der Waals surface area contributed by atoms with E-state index in [1.54, 1.807) is 0 Å². The van der Waals surface area contributed by atoms with Crippen LogP contribution in [0.3, 0.4) is 0 Å². The molecule has 0 bridgehead atoms. The number of amides is 1. The first-order valence-corrected chi connectivity index (χ1v) is 9.58. The van der Waals surface area contributed by atoms with E-state index in [-0.39, 0.29) is 11.9 Å². The van der Waals surface area contributed by atoms with E-state index in [1.807, 2.05) is 38.2 Å². The lowest BCUT2D eigenvalue weighted by molar-refractivity contribution is 0.0932. The second-order valence-corrected chi connectivity index (χ2v) is 7.48. The van der Waals surface area contributed by atoms with E-state index >= 15 is 0 Å². The Morgan fingerprint density at radius 3 is 2.63 bits per heavy atom. The van der Waals surface area contributed by atoms with Gasteiger partial charge in [-0.1, -0.05) is 47.5 Å². The van der Waals surface area contributed by atoms with Crippen molar-refractivity contribution in [1.82, 2.24) is 15.1 Å². The molecule has 1 unspecified atom stereocenters. The van der Waals surface area contributed by atoms with Crippen molar-refractivity contribution in [3.05, 3.63) is 88.2 Å². The normalized spacial score (nSPS) is 16.0. The van der Waals surface area contributed by atoms with Crippen molar-refractivity contribution >= 4 is 5.91 Å². The van der Waals surface area contributed by atoms with Gasteiger partial charge in [-0.3, -0.25) is 9.48 Å². The molecular weight excluding hydrogens is 334 g/mol. The van der Waals surface area contributed by atoms with E-state index in [0.29, 0.717) is 0 Å². The summed E-state index contributed by atoms with van der Waals surface area (Å²) in [6, 6.07) is 16.4. The monoisotopic (exact) mass is 359 g/mol. The summed E-state index contributed by atoms with van der Waals surface area (Å²) in [5.41, 5.74) is 6.60. The van der Waals surface area contributed by atoms with Crippen LogP contribution in [0.4, 0.5) is 0 Å². The molecule has 1 amide bonds. The van der Waals surface area contributed by atoms with Crippen LogP contribution < -0.4 is 5.32 Å². The van der Waals surface area contributed by atoms with Crippen LogP contribution in [0.5, 0.6) is 0 Å². The van der Waals surface area contributed by atoms with Crippen molar-refractivity contribution < 1.29 is 4.79 Å². The van der Waals surface area contributed by atoms with Gasteiger partial charge in [-0.15, -0.1) is 0 Å². The minimum Gasteiger partial charge on any atom is -0.345 e. The first-order chi connectivity index (χ1) is 13.1. The molecular formula is C23H25N3O. The van der Waals surface area contributed by atoms with Crippen molar-refractivity contribution in [3.8, 4) is 0 Å². The maximum absolute atomic E-state index is 12.8. The van der Waals surface area contributed by atoms with Crippen LogP contribution in [0.15, 0.2) is 54.7 Å². The molecule has 0 saturated heterocycles. The van der Waals surface area contributed by atoms with Gasteiger partial charge in [0.05, 0.1) is 18.8 Å². The van der Waals surface area contributed by atoms with Crippen LogP contribution in [-0.2, 0) is 13.0 Å². The van der Waals surface area contributed by atoms with Crippen molar-refractivity contribution in [1.29, 1.82) is 0 Å². The Labute approximate surface area is 160 Å². The second-order valence-electron chi connectivity index (χ2n) is 7.48. The average Bonchev–Trinajstić information content (AvgIpc) is 3.06. The molecule has 138 valence electrons. The summed E-state index contributed by atoms with van der Waals surface area (Å²) in [5, 5.41) is 7.85. The van der Waals surface area contributed by atoms with Gasteiger partial charge in [0, 0.05) is 16.8 Å². The molecule has 0 fully saturated rings. The highest BCUT2D eigenvalue weighted by molar-refractivity contribution is 5.94. The maximum atomic E-state index is 12.8. The molecule has 1 N–H and O–H groups in total. The molecule has 1 aliphatic rings. The smallest absolute Gasteiger partial charge is 0.251 e. The third-order valence-corrected chi connectivity index (χ3v) is 5.23. The second kappa shape index (κ2) is 7.39. The quantitative estimate of drug-likeness (QED) is 0.752. The van der Waals surface area contributed by atoms with Gasteiger partial charge in [0.25, 0.3) is 5.91 Å². The van der Waals surface area contributed by atoms with Crippen LogP contribution in [-0.4, -0.2) is 15.7 Å². The number of nitrogens with zero attached hydrogens (tertiary/aromatic N) is 2. The van der Waals surface area contributed by atoms with Crippen LogP contribution >= 0.6 is 0 Å². The molecule has 3 aromatic rings. The number of nitrogens with one attached hydrogen (secondary N) is 1. The van der Waals surface area contributed by atoms with Gasteiger partial charge in [-0.2, -0.15) is 5.10 Å². The van der Waals surface area contributed by atoms with Crippen molar-refractivity contribution in [2.24, 2.45) is 0 Å². The number of aryl methyl sites for hydroxylation is 2. The SMILES string of the molecule is Cc1cc(C)cc(C(=O)NC2CCCc3c2cnn3Cc2ccccc2)c1. The lowest BCUT2D eigenvalue weighted by Gasteiger charge is -2.24. The molecule has 1 heterocycles. The number of benzene rings is 2. The summed E-state index contributed by atoms with van der Waals surface area (Å²) in [7, 11) is 0. The number of rotatable bonds is 4. The van der Waals surface area contributed by atoms with E-state index in [4.69, 9.17) is 0 Å². The number of aromatic nitrogens is 2. The molecule has 4 rings (SSSR count). The van der Waals surface area contributed by atoms with Gasteiger partial charge in [0.15, 0.2) is 0 Å². The van der Waals surface area contributed by atoms with Gasteiger partial charge in [-0.05, 0) is 50.8 Å². The third kappa shape index (κ3) is 3.80. The lowest BCUT2D eigenvalue weighted by Crippen LogP contribution is -2.31. The lowest BCUT2D eigenvalue weighted by atomic mass is 9.92. The molecule has 2 aromatic carbocycles. The van der Waals surface area contributed by atoms with E-state index in [0.717, 1.165) is 48.1 Å². The summed E-state index contributed by atoms with van der Waals surface area (Å²) in [4.78, 5) is 12.8. The first kappa shape index (κ1) is 17.5. The number of carbonyl (C=O) groups is 1. The van der Waals surface area contributed by atoms with Crippen molar-refractivity contribution in [3.63, 3.8) is 0 Å². The Hall–Kier alpha value is -2.88. The molecule has 0 aliphatic heterocycles. The van der Waals surface area contributed by atoms with Crippen LogP contribution in [0.25, 0.3) is 0 Å².